The molecule has 1 saturated carbocycles. The van der Waals surface area contributed by atoms with Crippen molar-refractivity contribution in [2.24, 2.45) is 4.99 Å². The predicted octanol–water partition coefficient (Wildman–Crippen LogP) is 5.86. The molecule has 1 fully saturated rings. The van der Waals surface area contributed by atoms with Crippen molar-refractivity contribution in [2.45, 2.75) is 51.5 Å². The van der Waals surface area contributed by atoms with E-state index in [4.69, 9.17) is 27.3 Å². The van der Waals surface area contributed by atoms with Crippen LogP contribution in [-0.2, 0) is 6.42 Å². The molecular weight excluding hydrogens is 374 g/mol. The van der Waals surface area contributed by atoms with Crippen LogP contribution < -0.4 is 5.73 Å². The van der Waals surface area contributed by atoms with Crippen LogP contribution in [0.1, 0.15) is 52.9 Å². The van der Waals surface area contributed by atoms with Gasteiger partial charge in [0.2, 0.25) is 0 Å². The number of hydrogen-bond donors (Lipinski definition) is 1. The van der Waals surface area contributed by atoms with Gasteiger partial charge in [-0.2, -0.15) is 0 Å². The summed E-state index contributed by atoms with van der Waals surface area (Å²) in [7, 11) is 0. The quantitative estimate of drug-likeness (QED) is 0.561. The Labute approximate surface area is 168 Å². The molecule has 3 heterocycles. The fraction of sp³-hybridized carbons (Fsp3) is 0.364. The summed E-state index contributed by atoms with van der Waals surface area (Å²) in [5, 5.41) is 1.69. The minimum atomic E-state index is 0.0440. The van der Waals surface area contributed by atoms with E-state index in [1.807, 2.05) is 13.8 Å². The molecule has 0 saturated heterocycles. The second-order valence-electron chi connectivity index (χ2n) is 7.89. The van der Waals surface area contributed by atoms with Crippen LogP contribution in [-0.4, -0.2) is 16.2 Å². The van der Waals surface area contributed by atoms with Crippen LogP contribution in [0.5, 0.6) is 0 Å². The summed E-state index contributed by atoms with van der Waals surface area (Å²) >= 11 is 8.11. The molecule has 3 nitrogen and oxygen atoms in total. The Morgan fingerprint density at radius 3 is 2.67 bits per heavy atom. The van der Waals surface area contributed by atoms with Gasteiger partial charge in [0.1, 0.15) is 4.83 Å². The standard InChI is InChI=1S/C22H22ClN3S/c1-12-16-18(24)20(27-21(16)25-13(2)17(12)23)19-15-8-4-3-7-14(15)11-22(26-19)9-5-6-10-22/h3-4,7-8H,5-6,9-11,24H2,1-2H3. The number of halogens is 1. The molecule has 5 heteroatoms. The van der Waals surface area contributed by atoms with Crippen molar-refractivity contribution in [1.29, 1.82) is 0 Å². The molecule has 2 aromatic heterocycles. The zero-order valence-electron chi connectivity index (χ0n) is 15.6. The van der Waals surface area contributed by atoms with Gasteiger partial charge in [-0.1, -0.05) is 48.7 Å². The van der Waals surface area contributed by atoms with E-state index >= 15 is 0 Å². The summed E-state index contributed by atoms with van der Waals surface area (Å²) < 4.78 is 0. The molecule has 27 heavy (non-hydrogen) atoms. The van der Waals surface area contributed by atoms with E-state index in [0.717, 1.165) is 57.0 Å². The maximum absolute atomic E-state index is 6.66. The Kier molecular flexibility index (Phi) is 3.85. The van der Waals surface area contributed by atoms with Gasteiger partial charge in [-0.05, 0) is 44.2 Å². The fourth-order valence-corrected chi connectivity index (χ4v) is 6.06. The van der Waals surface area contributed by atoms with E-state index in [1.54, 1.807) is 11.3 Å². The first-order valence-corrected chi connectivity index (χ1v) is 10.7. The number of fused-ring (bicyclic) bond motifs is 2. The highest BCUT2D eigenvalue weighted by atomic mass is 35.5. The highest BCUT2D eigenvalue weighted by molar-refractivity contribution is 7.21. The third-order valence-electron chi connectivity index (χ3n) is 6.11. The highest BCUT2D eigenvalue weighted by Crippen LogP contribution is 2.44. The lowest BCUT2D eigenvalue weighted by Gasteiger charge is -2.32. The topological polar surface area (TPSA) is 51.3 Å². The number of pyridine rings is 1. The highest BCUT2D eigenvalue weighted by Gasteiger charge is 2.38. The van der Waals surface area contributed by atoms with Gasteiger partial charge < -0.3 is 5.73 Å². The minimum Gasteiger partial charge on any atom is -0.397 e. The number of aliphatic imine (C=N–C) groups is 1. The summed E-state index contributed by atoms with van der Waals surface area (Å²) in [5.74, 6) is 0. The Morgan fingerprint density at radius 1 is 1.15 bits per heavy atom. The van der Waals surface area contributed by atoms with Gasteiger partial charge in [0.15, 0.2) is 0 Å². The smallest absolute Gasteiger partial charge is 0.126 e. The first-order chi connectivity index (χ1) is 13.0. The Balaban J connectivity index is 1.79. The maximum Gasteiger partial charge on any atom is 0.126 e. The summed E-state index contributed by atoms with van der Waals surface area (Å²) in [6.07, 6.45) is 5.89. The predicted molar refractivity (Wildman–Crippen MR) is 116 cm³/mol. The molecule has 3 aromatic rings. The van der Waals surface area contributed by atoms with Crippen molar-refractivity contribution in [3.05, 3.63) is 56.5 Å². The number of hydrogen-bond acceptors (Lipinski definition) is 4. The third-order valence-corrected chi connectivity index (χ3v) is 7.77. The second kappa shape index (κ2) is 6.05. The summed E-state index contributed by atoms with van der Waals surface area (Å²) in [6.45, 7) is 3.98. The molecule has 5 rings (SSSR count). The number of aromatic nitrogens is 1. The van der Waals surface area contributed by atoms with Crippen molar-refractivity contribution in [3.63, 3.8) is 0 Å². The van der Waals surface area contributed by atoms with Crippen molar-refractivity contribution in [3.8, 4) is 0 Å². The Bertz CT molecular complexity index is 1110. The Hall–Kier alpha value is -1.91. The molecule has 1 aliphatic heterocycles. The molecule has 138 valence electrons. The first-order valence-electron chi connectivity index (χ1n) is 9.52. The Morgan fingerprint density at radius 2 is 1.89 bits per heavy atom. The average molecular weight is 396 g/mol. The lowest BCUT2D eigenvalue weighted by molar-refractivity contribution is 0.435. The summed E-state index contributed by atoms with van der Waals surface area (Å²) in [5.41, 5.74) is 13.0. The maximum atomic E-state index is 6.66. The van der Waals surface area contributed by atoms with Gasteiger partial charge >= 0.3 is 0 Å². The molecule has 1 spiro atoms. The molecule has 0 radical (unpaired) electrons. The van der Waals surface area contributed by atoms with Crippen molar-refractivity contribution in [2.75, 3.05) is 5.73 Å². The van der Waals surface area contributed by atoms with Gasteiger partial charge in [-0.3, -0.25) is 4.99 Å². The number of nitrogens with two attached hydrogens (primary N) is 1. The van der Waals surface area contributed by atoms with Crippen LogP contribution in [0.15, 0.2) is 29.3 Å². The average Bonchev–Trinajstić information content (AvgIpc) is 3.23. The van der Waals surface area contributed by atoms with Crippen molar-refractivity contribution >= 4 is 44.6 Å². The zero-order chi connectivity index (χ0) is 18.8. The molecule has 0 amide bonds. The van der Waals surface area contributed by atoms with Gasteiger partial charge in [0.05, 0.1) is 32.5 Å². The molecule has 0 bridgehead atoms. The molecule has 1 aliphatic carbocycles. The van der Waals surface area contributed by atoms with Crippen LogP contribution in [0, 0.1) is 13.8 Å². The van der Waals surface area contributed by atoms with Crippen LogP contribution >= 0.6 is 22.9 Å². The van der Waals surface area contributed by atoms with Crippen LogP contribution in [0.25, 0.3) is 10.2 Å². The van der Waals surface area contributed by atoms with Crippen LogP contribution in [0.4, 0.5) is 5.69 Å². The van der Waals surface area contributed by atoms with Gasteiger partial charge in [0.25, 0.3) is 0 Å². The number of nitrogens with zero attached hydrogens (tertiary/aromatic N) is 2. The molecule has 0 atom stereocenters. The van der Waals surface area contributed by atoms with Gasteiger partial charge in [0, 0.05) is 10.9 Å². The van der Waals surface area contributed by atoms with Crippen LogP contribution in [0.3, 0.4) is 0 Å². The minimum absolute atomic E-state index is 0.0440. The monoisotopic (exact) mass is 395 g/mol. The lowest BCUT2D eigenvalue weighted by atomic mass is 9.83. The van der Waals surface area contributed by atoms with Gasteiger partial charge in [-0.15, -0.1) is 11.3 Å². The van der Waals surface area contributed by atoms with E-state index in [0.29, 0.717) is 5.02 Å². The van der Waals surface area contributed by atoms with Gasteiger partial charge in [-0.25, -0.2) is 4.98 Å². The SMILES string of the molecule is Cc1nc2sc(C3=NC4(CCCC4)Cc4ccccc43)c(N)c2c(C)c1Cl. The van der Waals surface area contributed by atoms with Crippen molar-refractivity contribution in [1.82, 2.24) is 4.98 Å². The molecule has 2 N–H and O–H groups in total. The molecule has 0 unspecified atom stereocenters. The number of nitrogen functional groups attached to an aromatic ring is 1. The normalized spacial score (nSPS) is 18.1. The van der Waals surface area contributed by atoms with Crippen molar-refractivity contribution < 1.29 is 0 Å². The van der Waals surface area contributed by atoms with Crippen LogP contribution in [0.2, 0.25) is 5.02 Å². The second-order valence-corrected chi connectivity index (χ2v) is 9.26. The number of rotatable bonds is 1. The third kappa shape index (κ3) is 2.54. The number of anilines is 1. The lowest BCUT2D eigenvalue weighted by Crippen LogP contribution is -2.32. The zero-order valence-corrected chi connectivity index (χ0v) is 17.2. The molecule has 2 aliphatic rings. The van der Waals surface area contributed by atoms with E-state index in [1.165, 1.54) is 24.0 Å². The number of benzene rings is 1. The summed E-state index contributed by atoms with van der Waals surface area (Å²) in [6, 6.07) is 8.65. The van der Waals surface area contributed by atoms with E-state index in [-0.39, 0.29) is 5.54 Å². The molecular formula is C22H22ClN3S. The van der Waals surface area contributed by atoms with E-state index in [9.17, 15) is 0 Å². The first kappa shape index (κ1) is 17.2. The number of thiophene rings is 1. The number of aryl methyl sites for hydroxylation is 2. The fourth-order valence-electron chi connectivity index (χ4n) is 4.72. The van der Waals surface area contributed by atoms with E-state index in [2.05, 4.69) is 24.3 Å². The largest absolute Gasteiger partial charge is 0.397 e. The van der Waals surface area contributed by atoms with E-state index < -0.39 is 0 Å². The summed E-state index contributed by atoms with van der Waals surface area (Å²) in [4.78, 5) is 12.0. The molecule has 1 aromatic carbocycles.